The van der Waals surface area contributed by atoms with Crippen LogP contribution < -0.4 is 0 Å². The van der Waals surface area contributed by atoms with Gasteiger partial charge in [-0.05, 0) is 49.1 Å². The molecular weight excluding hydrogens is 349 g/mol. The summed E-state index contributed by atoms with van der Waals surface area (Å²) < 4.78 is 13.3. The Hall–Kier alpha value is -1.87. The summed E-state index contributed by atoms with van der Waals surface area (Å²) in [6, 6.07) is 16.0. The molecule has 1 heterocycles. The standard InChI is InChI=1S/C22H23ClFNO/c23-22-13-5-4-8-19(22)20(16-6-2-1-3-7-16)25(15-14-22)21(26)17-9-11-18(24)12-10-17/h1-3,6-7,9-12,19-20H,4-5,8,13-15H2/t19-,20-,22+/m0/s1. The molecule has 136 valence electrons. The van der Waals surface area contributed by atoms with Crippen molar-refractivity contribution in [3.63, 3.8) is 0 Å². The molecule has 4 heteroatoms. The number of halogens is 2. The van der Waals surface area contributed by atoms with E-state index in [1.54, 1.807) is 12.1 Å². The fourth-order valence-electron chi connectivity index (χ4n) is 4.69. The number of likely N-dealkylation sites (tertiary alicyclic amines) is 1. The van der Waals surface area contributed by atoms with Crippen LogP contribution in [0.4, 0.5) is 4.39 Å². The Bertz CT molecular complexity index is 778. The van der Waals surface area contributed by atoms with Crippen LogP contribution in [0.25, 0.3) is 0 Å². The number of benzene rings is 2. The molecule has 26 heavy (non-hydrogen) atoms. The summed E-state index contributed by atoms with van der Waals surface area (Å²) in [6.45, 7) is 0.635. The second-order valence-electron chi connectivity index (χ2n) is 7.50. The second-order valence-corrected chi connectivity index (χ2v) is 8.25. The van der Waals surface area contributed by atoms with E-state index in [4.69, 9.17) is 11.6 Å². The third-order valence-corrected chi connectivity index (χ3v) is 6.66. The second kappa shape index (κ2) is 7.03. The zero-order valence-corrected chi connectivity index (χ0v) is 15.5. The van der Waals surface area contributed by atoms with E-state index in [1.807, 2.05) is 23.1 Å². The first-order chi connectivity index (χ1) is 12.6. The number of hydrogen-bond donors (Lipinski definition) is 0. The Kier molecular flexibility index (Phi) is 4.74. The number of hydrogen-bond acceptors (Lipinski definition) is 1. The van der Waals surface area contributed by atoms with Gasteiger partial charge in [0.15, 0.2) is 0 Å². The number of rotatable bonds is 2. The molecule has 2 aliphatic rings. The fourth-order valence-corrected chi connectivity index (χ4v) is 5.14. The molecule has 2 nitrogen and oxygen atoms in total. The lowest BCUT2D eigenvalue weighted by Crippen LogP contribution is -2.53. The lowest BCUT2D eigenvalue weighted by molar-refractivity contribution is 0.0279. The van der Waals surface area contributed by atoms with Crippen molar-refractivity contribution in [1.82, 2.24) is 4.90 Å². The minimum Gasteiger partial charge on any atom is -0.331 e. The van der Waals surface area contributed by atoms with Gasteiger partial charge in [0.1, 0.15) is 5.82 Å². The topological polar surface area (TPSA) is 20.3 Å². The van der Waals surface area contributed by atoms with E-state index in [0.717, 1.165) is 37.7 Å². The molecule has 1 aliphatic carbocycles. The van der Waals surface area contributed by atoms with Crippen LogP contribution in [0.2, 0.25) is 0 Å². The molecule has 0 radical (unpaired) electrons. The van der Waals surface area contributed by atoms with Gasteiger partial charge < -0.3 is 4.90 Å². The Morgan fingerprint density at radius 3 is 2.50 bits per heavy atom. The quantitative estimate of drug-likeness (QED) is 0.631. The van der Waals surface area contributed by atoms with Gasteiger partial charge in [-0.25, -0.2) is 4.39 Å². The van der Waals surface area contributed by atoms with Crippen LogP contribution in [-0.4, -0.2) is 22.2 Å². The molecule has 0 unspecified atom stereocenters. The number of fused-ring (bicyclic) bond motifs is 1. The molecule has 3 atom stereocenters. The Morgan fingerprint density at radius 1 is 1.04 bits per heavy atom. The van der Waals surface area contributed by atoms with Gasteiger partial charge in [0.05, 0.1) is 10.9 Å². The molecule has 1 amide bonds. The third kappa shape index (κ3) is 3.14. The van der Waals surface area contributed by atoms with Gasteiger partial charge in [-0.1, -0.05) is 43.2 Å². The van der Waals surface area contributed by atoms with Gasteiger partial charge in [-0.3, -0.25) is 4.79 Å². The van der Waals surface area contributed by atoms with Crippen LogP contribution >= 0.6 is 11.6 Å². The Balaban J connectivity index is 1.72. The first-order valence-corrected chi connectivity index (χ1v) is 9.77. The largest absolute Gasteiger partial charge is 0.331 e. The molecule has 4 rings (SSSR count). The van der Waals surface area contributed by atoms with Crippen LogP contribution in [0, 0.1) is 11.7 Å². The highest BCUT2D eigenvalue weighted by Gasteiger charge is 2.50. The molecule has 2 aromatic rings. The minimum absolute atomic E-state index is 0.0275. The number of carbonyl (C=O) groups excluding carboxylic acids is 1. The maximum atomic E-state index is 13.3. The van der Waals surface area contributed by atoms with E-state index in [1.165, 1.54) is 12.1 Å². The number of alkyl halides is 1. The van der Waals surface area contributed by atoms with Crippen LogP contribution in [0.5, 0.6) is 0 Å². The Morgan fingerprint density at radius 2 is 1.77 bits per heavy atom. The van der Waals surface area contributed by atoms with E-state index in [2.05, 4.69) is 12.1 Å². The summed E-state index contributed by atoms with van der Waals surface area (Å²) in [5.74, 6) is -0.117. The van der Waals surface area contributed by atoms with Gasteiger partial charge in [0, 0.05) is 18.0 Å². The summed E-state index contributed by atoms with van der Waals surface area (Å²) in [4.78, 5) is 15.0. The molecule has 0 bridgehead atoms. The summed E-state index contributed by atoms with van der Waals surface area (Å²) in [7, 11) is 0. The highest BCUT2D eigenvalue weighted by Crippen LogP contribution is 2.52. The van der Waals surface area contributed by atoms with Gasteiger partial charge >= 0.3 is 0 Å². The van der Waals surface area contributed by atoms with Crippen molar-refractivity contribution in [2.75, 3.05) is 6.54 Å². The summed E-state index contributed by atoms with van der Waals surface area (Å²) in [5, 5.41) is 0. The number of nitrogens with zero attached hydrogens (tertiary/aromatic N) is 1. The van der Waals surface area contributed by atoms with Crippen molar-refractivity contribution in [3.8, 4) is 0 Å². The summed E-state index contributed by atoms with van der Waals surface area (Å²) in [6.07, 6.45) is 5.18. The van der Waals surface area contributed by atoms with E-state index < -0.39 is 0 Å². The average molecular weight is 372 g/mol. The average Bonchev–Trinajstić information content (AvgIpc) is 2.67. The normalized spacial score (nSPS) is 28.5. The van der Waals surface area contributed by atoms with E-state index in [9.17, 15) is 9.18 Å². The van der Waals surface area contributed by atoms with Crippen LogP contribution in [0.1, 0.15) is 54.1 Å². The fraction of sp³-hybridized carbons (Fsp3) is 0.409. The molecule has 2 fully saturated rings. The van der Waals surface area contributed by atoms with Crippen LogP contribution in [0.15, 0.2) is 54.6 Å². The van der Waals surface area contributed by atoms with Crippen LogP contribution in [0.3, 0.4) is 0 Å². The molecule has 1 saturated carbocycles. The number of carbonyl (C=O) groups is 1. The van der Waals surface area contributed by atoms with Crippen molar-refractivity contribution < 1.29 is 9.18 Å². The van der Waals surface area contributed by atoms with Crippen LogP contribution in [-0.2, 0) is 0 Å². The van der Waals surface area contributed by atoms with Crippen molar-refractivity contribution in [3.05, 3.63) is 71.5 Å². The zero-order valence-electron chi connectivity index (χ0n) is 14.7. The van der Waals surface area contributed by atoms with Gasteiger partial charge in [0.25, 0.3) is 5.91 Å². The lowest BCUT2D eigenvalue weighted by Gasteiger charge is -2.52. The predicted octanol–water partition coefficient (Wildman–Crippen LogP) is 5.58. The highest BCUT2D eigenvalue weighted by molar-refractivity contribution is 6.24. The first-order valence-electron chi connectivity index (χ1n) is 9.39. The SMILES string of the molecule is O=C(c1ccc(F)cc1)N1CC[C@]2(Cl)CCCC[C@H]2[C@@H]1c1ccccc1. The summed E-state index contributed by atoms with van der Waals surface area (Å²) in [5.41, 5.74) is 1.67. The van der Waals surface area contributed by atoms with Gasteiger partial charge in [-0.2, -0.15) is 0 Å². The van der Waals surface area contributed by atoms with Gasteiger partial charge in [-0.15, -0.1) is 11.6 Å². The zero-order chi connectivity index (χ0) is 18.1. The highest BCUT2D eigenvalue weighted by atomic mass is 35.5. The molecule has 1 saturated heterocycles. The van der Waals surface area contributed by atoms with Crippen molar-refractivity contribution in [2.45, 2.75) is 43.0 Å². The summed E-state index contributed by atoms with van der Waals surface area (Å²) >= 11 is 7.07. The molecule has 0 N–H and O–H groups in total. The Labute approximate surface area is 159 Å². The monoisotopic (exact) mass is 371 g/mol. The van der Waals surface area contributed by atoms with Crippen molar-refractivity contribution in [2.24, 2.45) is 5.92 Å². The predicted molar refractivity (Wildman–Crippen MR) is 102 cm³/mol. The van der Waals surface area contributed by atoms with E-state index in [0.29, 0.717) is 12.1 Å². The number of amides is 1. The maximum absolute atomic E-state index is 13.3. The maximum Gasteiger partial charge on any atom is 0.254 e. The lowest BCUT2D eigenvalue weighted by atomic mass is 9.68. The molecule has 2 aromatic carbocycles. The first kappa shape index (κ1) is 17.5. The van der Waals surface area contributed by atoms with E-state index in [-0.39, 0.29) is 28.6 Å². The van der Waals surface area contributed by atoms with Gasteiger partial charge in [0.2, 0.25) is 0 Å². The molecule has 0 spiro atoms. The molecular formula is C22H23ClFNO. The van der Waals surface area contributed by atoms with E-state index >= 15 is 0 Å². The minimum atomic E-state index is -0.327. The smallest absolute Gasteiger partial charge is 0.254 e. The third-order valence-electron chi connectivity index (χ3n) is 6.00. The molecule has 1 aliphatic heterocycles. The molecule has 0 aromatic heterocycles. The number of piperidine rings is 1. The van der Waals surface area contributed by atoms with Crippen molar-refractivity contribution >= 4 is 17.5 Å². The van der Waals surface area contributed by atoms with Crippen molar-refractivity contribution in [1.29, 1.82) is 0 Å².